The van der Waals surface area contributed by atoms with Crippen LogP contribution in [0.25, 0.3) is 5.57 Å². The molecule has 0 saturated heterocycles. The molecule has 0 heterocycles. The SMILES string of the molecule is CC(C)=C(C)c1cc(C)c(C(=O)N=C(N)N)cc1[N+](=O)[O-]. The molecule has 112 valence electrons. The first-order valence-corrected chi connectivity index (χ1v) is 6.22. The Hall–Kier alpha value is -2.70. The second-order valence-corrected chi connectivity index (χ2v) is 4.91. The van der Waals surface area contributed by atoms with Crippen molar-refractivity contribution >= 4 is 23.1 Å². The lowest BCUT2D eigenvalue weighted by molar-refractivity contribution is -0.385. The number of guanidine groups is 1. The summed E-state index contributed by atoms with van der Waals surface area (Å²) in [6, 6.07) is 2.82. The number of benzene rings is 1. The Kier molecular flexibility index (Phi) is 4.80. The summed E-state index contributed by atoms with van der Waals surface area (Å²) in [5, 5.41) is 11.2. The van der Waals surface area contributed by atoms with Gasteiger partial charge in [0.1, 0.15) is 0 Å². The van der Waals surface area contributed by atoms with Crippen molar-refractivity contribution in [2.24, 2.45) is 16.5 Å². The molecule has 4 N–H and O–H groups in total. The van der Waals surface area contributed by atoms with Gasteiger partial charge in [0.05, 0.1) is 16.1 Å². The molecule has 0 aliphatic rings. The second-order valence-electron chi connectivity index (χ2n) is 4.91. The van der Waals surface area contributed by atoms with Crippen LogP contribution in [0, 0.1) is 17.0 Å². The molecule has 1 aromatic rings. The molecule has 1 rings (SSSR count). The molecule has 0 aliphatic carbocycles. The maximum Gasteiger partial charge on any atom is 0.280 e. The number of aryl methyl sites for hydroxylation is 1. The molecule has 0 saturated carbocycles. The number of aliphatic imine (C=N–C) groups is 1. The van der Waals surface area contributed by atoms with Gasteiger partial charge in [-0.05, 0) is 44.9 Å². The molecule has 0 aromatic heterocycles. The summed E-state index contributed by atoms with van der Waals surface area (Å²) in [4.78, 5) is 26.0. The number of hydrogen-bond donors (Lipinski definition) is 2. The largest absolute Gasteiger partial charge is 0.370 e. The van der Waals surface area contributed by atoms with E-state index in [9.17, 15) is 14.9 Å². The Morgan fingerprint density at radius 2 is 1.76 bits per heavy atom. The quantitative estimate of drug-likeness (QED) is 0.382. The molecule has 0 radical (unpaired) electrons. The molecule has 1 aromatic carbocycles. The number of nitro benzene ring substituents is 1. The van der Waals surface area contributed by atoms with Crippen LogP contribution in [0.5, 0.6) is 0 Å². The number of rotatable bonds is 3. The molecule has 7 nitrogen and oxygen atoms in total. The molecule has 1 amide bonds. The van der Waals surface area contributed by atoms with Crippen LogP contribution in [0.4, 0.5) is 5.69 Å². The van der Waals surface area contributed by atoms with Gasteiger partial charge in [-0.3, -0.25) is 14.9 Å². The molecule has 0 fully saturated rings. The average Bonchev–Trinajstić information content (AvgIpc) is 2.35. The minimum Gasteiger partial charge on any atom is -0.370 e. The van der Waals surface area contributed by atoms with E-state index in [0.717, 1.165) is 11.1 Å². The van der Waals surface area contributed by atoms with Crippen LogP contribution in [0.2, 0.25) is 0 Å². The zero-order valence-electron chi connectivity index (χ0n) is 12.4. The van der Waals surface area contributed by atoms with Gasteiger partial charge in [-0.25, -0.2) is 0 Å². The van der Waals surface area contributed by atoms with Crippen molar-refractivity contribution in [3.8, 4) is 0 Å². The smallest absolute Gasteiger partial charge is 0.280 e. The number of nitrogens with zero attached hydrogens (tertiary/aromatic N) is 2. The van der Waals surface area contributed by atoms with E-state index in [4.69, 9.17) is 11.5 Å². The summed E-state index contributed by atoms with van der Waals surface area (Å²) in [6.45, 7) is 7.22. The number of nitro groups is 1. The van der Waals surface area contributed by atoms with Gasteiger partial charge in [0.2, 0.25) is 0 Å². The molecule has 21 heavy (non-hydrogen) atoms. The maximum absolute atomic E-state index is 11.9. The fourth-order valence-electron chi connectivity index (χ4n) is 1.83. The summed E-state index contributed by atoms with van der Waals surface area (Å²) in [5.41, 5.74) is 13.1. The molecule has 0 aliphatic heterocycles. The van der Waals surface area contributed by atoms with Crippen molar-refractivity contribution in [2.75, 3.05) is 0 Å². The van der Waals surface area contributed by atoms with E-state index in [1.165, 1.54) is 6.07 Å². The number of carbonyl (C=O) groups is 1. The van der Waals surface area contributed by atoms with Gasteiger partial charge in [0.15, 0.2) is 5.96 Å². The molecule has 7 heteroatoms. The van der Waals surface area contributed by atoms with Crippen molar-refractivity contribution in [2.45, 2.75) is 27.7 Å². The first-order valence-electron chi connectivity index (χ1n) is 6.22. The lowest BCUT2D eigenvalue weighted by atomic mass is 9.96. The number of nitrogens with two attached hydrogens (primary N) is 2. The summed E-state index contributed by atoms with van der Waals surface area (Å²) in [5.74, 6) is -1.08. The van der Waals surface area contributed by atoms with Gasteiger partial charge < -0.3 is 11.5 Å². The molecule has 0 atom stereocenters. The van der Waals surface area contributed by atoms with E-state index in [0.29, 0.717) is 11.1 Å². The van der Waals surface area contributed by atoms with Crippen LogP contribution in [0.15, 0.2) is 22.7 Å². The summed E-state index contributed by atoms with van der Waals surface area (Å²) in [6.07, 6.45) is 0. The van der Waals surface area contributed by atoms with E-state index < -0.39 is 10.8 Å². The van der Waals surface area contributed by atoms with E-state index >= 15 is 0 Å². The number of carbonyl (C=O) groups excluding carboxylic acids is 1. The highest BCUT2D eigenvalue weighted by atomic mass is 16.6. The van der Waals surface area contributed by atoms with Crippen molar-refractivity contribution in [1.29, 1.82) is 0 Å². The van der Waals surface area contributed by atoms with E-state index in [-0.39, 0.29) is 17.2 Å². The van der Waals surface area contributed by atoms with Gasteiger partial charge in [-0.2, -0.15) is 4.99 Å². The number of amides is 1. The van der Waals surface area contributed by atoms with E-state index in [1.807, 2.05) is 13.8 Å². The normalized spacial score (nSPS) is 9.90. The fraction of sp³-hybridized carbons (Fsp3) is 0.286. The number of hydrogen-bond acceptors (Lipinski definition) is 3. The highest BCUT2D eigenvalue weighted by molar-refractivity contribution is 6.03. The molecule has 0 unspecified atom stereocenters. The monoisotopic (exact) mass is 290 g/mol. The highest BCUT2D eigenvalue weighted by Crippen LogP contribution is 2.31. The molecular formula is C14H18N4O3. The Bertz CT molecular complexity index is 667. The lowest BCUT2D eigenvalue weighted by Crippen LogP contribution is -2.24. The first kappa shape index (κ1) is 16.4. The minimum atomic E-state index is -0.697. The van der Waals surface area contributed by atoms with Gasteiger partial charge in [-0.1, -0.05) is 5.57 Å². The van der Waals surface area contributed by atoms with Crippen LogP contribution in [0.1, 0.15) is 42.3 Å². The third-order valence-corrected chi connectivity index (χ3v) is 3.15. The standard InChI is InChI=1S/C14H18N4O3/c1-7(2)9(4)11-5-8(3)10(6-12(11)18(20)21)13(19)17-14(15)16/h5-6H,1-4H3,(H4,15,16,17,19). The van der Waals surface area contributed by atoms with Crippen LogP contribution >= 0.6 is 0 Å². The maximum atomic E-state index is 11.9. The Morgan fingerprint density at radius 1 is 1.19 bits per heavy atom. The van der Waals surface area contributed by atoms with Crippen LogP contribution < -0.4 is 11.5 Å². The number of allylic oxidation sites excluding steroid dienone is 2. The van der Waals surface area contributed by atoms with Crippen molar-refractivity contribution in [1.82, 2.24) is 0 Å². The van der Waals surface area contributed by atoms with Gasteiger partial charge in [0.25, 0.3) is 11.6 Å². The molecule has 0 spiro atoms. The zero-order valence-corrected chi connectivity index (χ0v) is 12.4. The van der Waals surface area contributed by atoms with Gasteiger partial charge >= 0.3 is 0 Å². The third-order valence-electron chi connectivity index (χ3n) is 3.15. The topological polar surface area (TPSA) is 125 Å². The fourth-order valence-corrected chi connectivity index (χ4v) is 1.83. The third kappa shape index (κ3) is 3.65. The van der Waals surface area contributed by atoms with E-state index in [2.05, 4.69) is 4.99 Å². The summed E-state index contributed by atoms with van der Waals surface area (Å²) >= 11 is 0. The van der Waals surface area contributed by atoms with Gasteiger partial charge in [0, 0.05) is 6.07 Å². The van der Waals surface area contributed by atoms with Crippen molar-refractivity contribution in [3.05, 3.63) is 44.5 Å². The van der Waals surface area contributed by atoms with E-state index in [1.54, 1.807) is 19.9 Å². The van der Waals surface area contributed by atoms with Gasteiger partial charge in [-0.15, -0.1) is 0 Å². The summed E-state index contributed by atoms with van der Waals surface area (Å²) < 4.78 is 0. The Balaban J connectivity index is 3.59. The Morgan fingerprint density at radius 3 is 2.19 bits per heavy atom. The average molecular weight is 290 g/mol. The molecule has 0 bridgehead atoms. The van der Waals surface area contributed by atoms with Crippen LogP contribution in [-0.4, -0.2) is 16.8 Å². The van der Waals surface area contributed by atoms with Crippen LogP contribution in [0.3, 0.4) is 0 Å². The van der Waals surface area contributed by atoms with Crippen LogP contribution in [-0.2, 0) is 0 Å². The predicted molar refractivity (Wildman–Crippen MR) is 81.9 cm³/mol. The zero-order chi connectivity index (χ0) is 16.3. The van der Waals surface area contributed by atoms with Crippen molar-refractivity contribution in [3.63, 3.8) is 0 Å². The first-order chi connectivity index (χ1) is 9.65. The Labute approximate surface area is 122 Å². The second kappa shape index (κ2) is 6.17. The minimum absolute atomic E-state index is 0.111. The summed E-state index contributed by atoms with van der Waals surface area (Å²) in [7, 11) is 0. The highest BCUT2D eigenvalue weighted by Gasteiger charge is 2.21. The lowest BCUT2D eigenvalue weighted by Gasteiger charge is -2.09. The van der Waals surface area contributed by atoms with Crippen molar-refractivity contribution < 1.29 is 9.72 Å². The molecular weight excluding hydrogens is 272 g/mol. The predicted octanol–water partition coefficient (Wildman–Crippen LogP) is 2.13.